The number of aliphatic hydroxyl groups is 1. The Balaban J connectivity index is 0.00000300. The third-order valence-electron chi connectivity index (χ3n) is 4.98. The summed E-state index contributed by atoms with van der Waals surface area (Å²) in [6, 6.07) is 16.7. The molecule has 0 aliphatic carbocycles. The molecule has 3 N–H and O–H groups in total. The monoisotopic (exact) mass is 512 g/mol. The van der Waals surface area contributed by atoms with Gasteiger partial charge >= 0.3 is 0 Å². The highest BCUT2D eigenvalue weighted by molar-refractivity contribution is 14.0. The third-order valence-corrected chi connectivity index (χ3v) is 4.98. The molecular weight excluding hydrogens is 482 g/mol. The van der Waals surface area contributed by atoms with Gasteiger partial charge in [0.25, 0.3) is 0 Å². The second-order valence-corrected chi connectivity index (χ2v) is 7.03. The van der Waals surface area contributed by atoms with E-state index in [2.05, 4.69) is 44.8 Å². The Kier molecular flexibility index (Phi) is 9.66. The van der Waals surface area contributed by atoms with E-state index in [1.54, 1.807) is 12.1 Å². The van der Waals surface area contributed by atoms with E-state index in [9.17, 15) is 9.50 Å². The molecule has 1 saturated heterocycles. The van der Waals surface area contributed by atoms with Gasteiger partial charge in [-0.1, -0.05) is 30.3 Å². The Hall–Kier alpha value is -1.87. The molecule has 1 aliphatic heterocycles. The minimum Gasteiger partial charge on any atom is -0.386 e. The van der Waals surface area contributed by atoms with Crippen LogP contribution in [0, 0.1) is 5.82 Å². The molecule has 1 atom stereocenters. The summed E-state index contributed by atoms with van der Waals surface area (Å²) in [5.41, 5.74) is 1.93. The zero-order valence-corrected chi connectivity index (χ0v) is 19.1. The molecule has 1 heterocycles. The zero-order chi connectivity index (χ0) is 19.8. The Morgan fingerprint density at radius 1 is 1.14 bits per heavy atom. The molecule has 0 radical (unpaired) electrons. The standard InChI is InChI=1S/C22H29FN4O.HI/c1-2-24-22(25-16-21(28)17-8-10-18(23)11-9-17)26-19-12-14-27(15-13-19)20-6-4-3-5-7-20;/h3-11,19,21,28H,2,12-16H2,1H3,(H2,24,25,26);1H. The zero-order valence-electron chi connectivity index (χ0n) is 16.7. The van der Waals surface area contributed by atoms with E-state index < -0.39 is 6.10 Å². The minimum absolute atomic E-state index is 0. The van der Waals surface area contributed by atoms with Gasteiger partial charge in [-0.3, -0.25) is 4.99 Å². The molecule has 0 bridgehead atoms. The molecule has 1 unspecified atom stereocenters. The van der Waals surface area contributed by atoms with Gasteiger partial charge in [0.2, 0.25) is 0 Å². The first-order valence-corrected chi connectivity index (χ1v) is 9.94. The average molecular weight is 512 g/mol. The van der Waals surface area contributed by atoms with Crippen LogP contribution >= 0.6 is 24.0 Å². The Morgan fingerprint density at radius 2 is 1.79 bits per heavy atom. The SMILES string of the molecule is CCNC(=NCC(O)c1ccc(F)cc1)NC1CCN(c2ccccc2)CC1.I. The largest absolute Gasteiger partial charge is 0.386 e. The predicted octanol–water partition coefficient (Wildman–Crippen LogP) is 3.70. The smallest absolute Gasteiger partial charge is 0.191 e. The number of benzene rings is 2. The molecule has 1 fully saturated rings. The molecule has 2 aromatic carbocycles. The van der Waals surface area contributed by atoms with Crippen LogP contribution in [-0.4, -0.2) is 43.3 Å². The van der Waals surface area contributed by atoms with Gasteiger partial charge in [0.05, 0.1) is 12.6 Å². The van der Waals surface area contributed by atoms with Crippen molar-refractivity contribution >= 4 is 35.6 Å². The number of aliphatic imine (C=N–C) groups is 1. The summed E-state index contributed by atoms with van der Waals surface area (Å²) in [6.45, 7) is 5.00. The van der Waals surface area contributed by atoms with Crippen molar-refractivity contribution in [3.8, 4) is 0 Å². The van der Waals surface area contributed by atoms with Gasteiger partial charge in [0.1, 0.15) is 5.82 Å². The lowest BCUT2D eigenvalue weighted by atomic mass is 10.0. The molecule has 0 spiro atoms. The lowest BCUT2D eigenvalue weighted by Gasteiger charge is -2.34. The van der Waals surface area contributed by atoms with Crippen LogP contribution in [0.25, 0.3) is 0 Å². The lowest BCUT2D eigenvalue weighted by Crippen LogP contribution is -2.48. The number of aliphatic hydroxyl groups excluding tert-OH is 1. The van der Waals surface area contributed by atoms with Gasteiger partial charge in [-0.05, 0) is 49.6 Å². The van der Waals surface area contributed by atoms with Gasteiger partial charge in [0.15, 0.2) is 5.96 Å². The summed E-state index contributed by atoms with van der Waals surface area (Å²) in [4.78, 5) is 6.92. The molecule has 158 valence electrons. The molecule has 0 saturated carbocycles. The first kappa shape index (κ1) is 23.4. The van der Waals surface area contributed by atoms with Crippen LogP contribution in [0.5, 0.6) is 0 Å². The summed E-state index contributed by atoms with van der Waals surface area (Å²) in [7, 11) is 0. The second kappa shape index (κ2) is 12.0. The fourth-order valence-corrected chi connectivity index (χ4v) is 3.40. The van der Waals surface area contributed by atoms with Crippen molar-refractivity contribution in [3.63, 3.8) is 0 Å². The number of anilines is 1. The second-order valence-electron chi connectivity index (χ2n) is 7.03. The molecular formula is C22H30FIN4O. The molecule has 7 heteroatoms. The predicted molar refractivity (Wildman–Crippen MR) is 128 cm³/mol. The van der Waals surface area contributed by atoms with Crippen molar-refractivity contribution < 1.29 is 9.50 Å². The first-order valence-electron chi connectivity index (χ1n) is 9.94. The van der Waals surface area contributed by atoms with Gasteiger partial charge < -0.3 is 20.6 Å². The van der Waals surface area contributed by atoms with Gasteiger partial charge in [0, 0.05) is 31.4 Å². The molecule has 5 nitrogen and oxygen atoms in total. The normalized spacial score (nSPS) is 16.1. The van der Waals surface area contributed by atoms with Crippen LogP contribution in [0.2, 0.25) is 0 Å². The average Bonchev–Trinajstić information content (AvgIpc) is 2.73. The maximum atomic E-state index is 13.0. The number of hydrogen-bond acceptors (Lipinski definition) is 3. The van der Waals surface area contributed by atoms with Crippen LogP contribution in [0.15, 0.2) is 59.6 Å². The van der Waals surface area contributed by atoms with Crippen LogP contribution in [0.1, 0.15) is 31.4 Å². The number of nitrogens with zero attached hydrogens (tertiary/aromatic N) is 2. The van der Waals surface area contributed by atoms with E-state index in [1.807, 2.05) is 13.0 Å². The van der Waals surface area contributed by atoms with E-state index in [0.717, 1.165) is 32.5 Å². The van der Waals surface area contributed by atoms with Crippen molar-refractivity contribution in [3.05, 3.63) is 66.0 Å². The van der Waals surface area contributed by atoms with Crippen molar-refractivity contribution in [2.45, 2.75) is 31.9 Å². The molecule has 0 aromatic heterocycles. The maximum absolute atomic E-state index is 13.0. The van der Waals surface area contributed by atoms with Crippen LogP contribution in [-0.2, 0) is 0 Å². The number of hydrogen-bond donors (Lipinski definition) is 3. The number of para-hydroxylation sites is 1. The van der Waals surface area contributed by atoms with Crippen molar-refractivity contribution in [1.29, 1.82) is 0 Å². The van der Waals surface area contributed by atoms with Crippen molar-refractivity contribution in [2.24, 2.45) is 4.99 Å². The topological polar surface area (TPSA) is 59.9 Å². The van der Waals surface area contributed by atoms with Crippen LogP contribution in [0.3, 0.4) is 0 Å². The molecule has 2 aromatic rings. The van der Waals surface area contributed by atoms with Crippen LogP contribution in [0.4, 0.5) is 10.1 Å². The molecule has 29 heavy (non-hydrogen) atoms. The van der Waals surface area contributed by atoms with Gasteiger partial charge in [-0.15, -0.1) is 24.0 Å². The number of piperidine rings is 1. The van der Waals surface area contributed by atoms with E-state index >= 15 is 0 Å². The van der Waals surface area contributed by atoms with E-state index in [-0.39, 0.29) is 36.3 Å². The molecule has 1 aliphatic rings. The fraction of sp³-hybridized carbons (Fsp3) is 0.409. The minimum atomic E-state index is -0.754. The number of rotatable bonds is 6. The fourth-order valence-electron chi connectivity index (χ4n) is 3.40. The Labute approximate surface area is 189 Å². The van der Waals surface area contributed by atoms with Gasteiger partial charge in [-0.2, -0.15) is 0 Å². The number of nitrogens with one attached hydrogen (secondary N) is 2. The summed E-state index contributed by atoms with van der Waals surface area (Å²) in [5.74, 6) is 0.401. The highest BCUT2D eigenvalue weighted by Crippen LogP contribution is 2.19. The van der Waals surface area contributed by atoms with Crippen molar-refractivity contribution in [2.75, 3.05) is 31.1 Å². The Morgan fingerprint density at radius 3 is 2.41 bits per heavy atom. The summed E-state index contributed by atoms with van der Waals surface area (Å²) in [6.07, 6.45) is 1.30. The Bertz CT molecular complexity index is 749. The van der Waals surface area contributed by atoms with Crippen molar-refractivity contribution in [1.82, 2.24) is 10.6 Å². The molecule has 0 amide bonds. The van der Waals surface area contributed by atoms with Crippen LogP contribution < -0.4 is 15.5 Å². The van der Waals surface area contributed by atoms with Gasteiger partial charge in [-0.25, -0.2) is 4.39 Å². The lowest BCUT2D eigenvalue weighted by molar-refractivity contribution is 0.187. The van der Waals surface area contributed by atoms with E-state index in [4.69, 9.17) is 0 Å². The highest BCUT2D eigenvalue weighted by atomic mass is 127. The molecule has 3 rings (SSSR count). The summed E-state index contributed by atoms with van der Waals surface area (Å²) >= 11 is 0. The highest BCUT2D eigenvalue weighted by Gasteiger charge is 2.20. The maximum Gasteiger partial charge on any atom is 0.191 e. The summed E-state index contributed by atoms with van der Waals surface area (Å²) < 4.78 is 13.0. The quantitative estimate of drug-likeness (QED) is 0.314. The summed E-state index contributed by atoms with van der Waals surface area (Å²) in [5, 5.41) is 17.0. The van der Waals surface area contributed by atoms with E-state index in [0.29, 0.717) is 17.6 Å². The third kappa shape index (κ3) is 7.15. The number of guanidine groups is 1. The van der Waals surface area contributed by atoms with E-state index in [1.165, 1.54) is 17.8 Å². The first-order chi connectivity index (χ1) is 13.7. The number of halogens is 2.